The number of fused-ring (bicyclic) bond motifs is 2. The third-order valence-electron chi connectivity index (χ3n) is 3.27. The summed E-state index contributed by atoms with van der Waals surface area (Å²) in [6.45, 7) is 2.57. The second-order valence-electron chi connectivity index (χ2n) is 4.49. The highest BCUT2D eigenvalue weighted by atomic mass is 32.2. The lowest BCUT2D eigenvalue weighted by Crippen LogP contribution is -2.20. The van der Waals surface area contributed by atoms with Crippen molar-refractivity contribution < 1.29 is 13.2 Å². The number of hydrogen-bond donors (Lipinski definition) is 0. The maximum atomic E-state index is 12.9. The van der Waals surface area contributed by atoms with Crippen molar-refractivity contribution >= 4 is 23.1 Å². The zero-order valence-electron chi connectivity index (χ0n) is 10.7. The Hall–Kier alpha value is -1.62. The quantitative estimate of drug-likeness (QED) is 0.699. The van der Waals surface area contributed by atoms with Gasteiger partial charge in [-0.3, -0.25) is 0 Å². The van der Waals surface area contributed by atoms with Gasteiger partial charge >= 0.3 is 6.18 Å². The number of para-hydroxylation sites is 1. The second kappa shape index (κ2) is 4.74. The van der Waals surface area contributed by atoms with Gasteiger partial charge < -0.3 is 4.90 Å². The van der Waals surface area contributed by atoms with E-state index in [-0.39, 0.29) is 0 Å². The molecule has 0 atom stereocenters. The van der Waals surface area contributed by atoms with Crippen LogP contribution in [0.2, 0.25) is 0 Å². The van der Waals surface area contributed by atoms with Gasteiger partial charge in [0.1, 0.15) is 0 Å². The summed E-state index contributed by atoms with van der Waals surface area (Å²) in [6.07, 6.45) is -4.31. The summed E-state index contributed by atoms with van der Waals surface area (Å²) < 4.78 is 38.6. The normalized spacial score (nSPS) is 13.9. The van der Waals surface area contributed by atoms with E-state index in [9.17, 15) is 13.2 Å². The molecule has 5 heteroatoms. The molecule has 0 saturated carbocycles. The first-order valence-corrected chi connectivity index (χ1v) is 7.08. The Morgan fingerprint density at radius 2 is 1.70 bits per heavy atom. The minimum Gasteiger partial charge on any atom is -0.340 e. The van der Waals surface area contributed by atoms with Gasteiger partial charge in [-0.05, 0) is 37.3 Å². The smallest absolute Gasteiger partial charge is 0.340 e. The van der Waals surface area contributed by atoms with Gasteiger partial charge in [-0.25, -0.2) is 0 Å². The van der Waals surface area contributed by atoms with Gasteiger partial charge in [0.2, 0.25) is 0 Å². The topological polar surface area (TPSA) is 3.24 Å². The van der Waals surface area contributed by atoms with E-state index in [1.54, 1.807) is 6.07 Å². The molecule has 0 spiro atoms. The van der Waals surface area contributed by atoms with Crippen LogP contribution in [0.3, 0.4) is 0 Å². The number of rotatable bonds is 1. The first-order valence-electron chi connectivity index (χ1n) is 6.26. The fourth-order valence-electron chi connectivity index (χ4n) is 2.35. The molecular formula is C15H12F3NS. The number of alkyl halides is 3. The highest BCUT2D eigenvalue weighted by molar-refractivity contribution is 7.99. The van der Waals surface area contributed by atoms with Crippen molar-refractivity contribution in [3.8, 4) is 0 Å². The number of halogens is 3. The molecule has 20 heavy (non-hydrogen) atoms. The lowest BCUT2D eigenvalue weighted by Gasteiger charge is -2.32. The fraction of sp³-hybridized carbons (Fsp3) is 0.200. The molecule has 0 aromatic heterocycles. The lowest BCUT2D eigenvalue weighted by molar-refractivity contribution is -0.137. The molecule has 104 valence electrons. The minimum atomic E-state index is -4.31. The van der Waals surface area contributed by atoms with E-state index in [4.69, 9.17) is 0 Å². The Morgan fingerprint density at radius 3 is 2.40 bits per heavy atom. The molecule has 0 bridgehead atoms. The van der Waals surface area contributed by atoms with Crippen LogP contribution in [-0.4, -0.2) is 6.54 Å². The summed E-state index contributed by atoms with van der Waals surface area (Å²) in [6, 6.07) is 11.7. The van der Waals surface area contributed by atoms with E-state index in [1.165, 1.54) is 17.8 Å². The van der Waals surface area contributed by atoms with Crippen LogP contribution in [0.15, 0.2) is 52.3 Å². The lowest BCUT2D eigenvalue weighted by atomic mass is 10.1. The Morgan fingerprint density at radius 1 is 1.00 bits per heavy atom. The van der Waals surface area contributed by atoms with Crippen LogP contribution in [0.5, 0.6) is 0 Å². The summed E-state index contributed by atoms with van der Waals surface area (Å²) in [5.41, 5.74) is 0.993. The van der Waals surface area contributed by atoms with Gasteiger partial charge in [-0.2, -0.15) is 13.2 Å². The maximum Gasteiger partial charge on any atom is 0.416 e. The highest BCUT2D eigenvalue weighted by Crippen LogP contribution is 2.49. The standard InChI is InChI=1S/C15H12F3NS/c1-2-19-11-5-3-4-6-13(11)20-14-8-7-10(9-12(14)19)15(16,17)18/h3-9H,2H2,1H3. The molecule has 2 aromatic rings. The molecule has 0 amide bonds. The van der Waals surface area contributed by atoms with Crippen LogP contribution in [0.4, 0.5) is 24.5 Å². The van der Waals surface area contributed by atoms with Gasteiger partial charge in [0, 0.05) is 16.3 Å². The van der Waals surface area contributed by atoms with Gasteiger partial charge in [-0.15, -0.1) is 0 Å². The molecule has 1 nitrogen and oxygen atoms in total. The molecule has 0 N–H and O–H groups in total. The molecule has 2 aromatic carbocycles. The largest absolute Gasteiger partial charge is 0.416 e. The van der Waals surface area contributed by atoms with E-state index in [0.717, 1.165) is 21.5 Å². The first-order chi connectivity index (χ1) is 9.50. The summed E-state index contributed by atoms with van der Waals surface area (Å²) in [7, 11) is 0. The van der Waals surface area contributed by atoms with Crippen molar-refractivity contribution in [1.82, 2.24) is 0 Å². The molecular weight excluding hydrogens is 283 g/mol. The van der Waals surface area contributed by atoms with Crippen molar-refractivity contribution in [1.29, 1.82) is 0 Å². The molecule has 1 aliphatic heterocycles. The molecule has 0 unspecified atom stereocenters. The third-order valence-corrected chi connectivity index (χ3v) is 4.40. The van der Waals surface area contributed by atoms with Crippen LogP contribution in [0.25, 0.3) is 0 Å². The van der Waals surface area contributed by atoms with Crippen LogP contribution >= 0.6 is 11.8 Å². The Kier molecular flexibility index (Phi) is 3.17. The molecule has 0 radical (unpaired) electrons. The van der Waals surface area contributed by atoms with E-state index in [2.05, 4.69) is 0 Å². The predicted molar refractivity (Wildman–Crippen MR) is 74.7 cm³/mol. The van der Waals surface area contributed by atoms with Crippen LogP contribution < -0.4 is 4.90 Å². The maximum absolute atomic E-state index is 12.9. The van der Waals surface area contributed by atoms with E-state index in [0.29, 0.717) is 12.2 Å². The van der Waals surface area contributed by atoms with Crippen molar-refractivity contribution in [3.05, 3.63) is 48.0 Å². The van der Waals surface area contributed by atoms with Crippen molar-refractivity contribution in [2.75, 3.05) is 11.4 Å². The molecule has 0 aliphatic carbocycles. The van der Waals surface area contributed by atoms with Crippen LogP contribution in [0, 0.1) is 0 Å². The van der Waals surface area contributed by atoms with Crippen molar-refractivity contribution in [3.63, 3.8) is 0 Å². The Labute approximate surface area is 119 Å². The molecule has 1 aliphatic rings. The van der Waals surface area contributed by atoms with Crippen molar-refractivity contribution in [2.45, 2.75) is 22.9 Å². The monoisotopic (exact) mass is 295 g/mol. The fourth-order valence-corrected chi connectivity index (χ4v) is 3.42. The first kappa shape index (κ1) is 13.4. The summed E-state index contributed by atoms with van der Waals surface area (Å²) in [5, 5.41) is 0. The van der Waals surface area contributed by atoms with Crippen LogP contribution in [0.1, 0.15) is 12.5 Å². The zero-order valence-corrected chi connectivity index (χ0v) is 11.6. The van der Waals surface area contributed by atoms with E-state index >= 15 is 0 Å². The van der Waals surface area contributed by atoms with Gasteiger partial charge in [-0.1, -0.05) is 23.9 Å². The van der Waals surface area contributed by atoms with Gasteiger partial charge in [0.25, 0.3) is 0 Å². The zero-order chi connectivity index (χ0) is 14.3. The highest BCUT2D eigenvalue weighted by Gasteiger charge is 2.32. The molecule has 0 saturated heterocycles. The molecule has 3 rings (SSSR count). The van der Waals surface area contributed by atoms with Gasteiger partial charge in [0.15, 0.2) is 0 Å². The average Bonchev–Trinajstić information content (AvgIpc) is 2.43. The summed E-state index contributed by atoms with van der Waals surface area (Å²) >= 11 is 1.51. The van der Waals surface area contributed by atoms with Crippen LogP contribution in [-0.2, 0) is 6.18 Å². The predicted octanol–water partition coefficient (Wildman–Crippen LogP) is 5.33. The summed E-state index contributed by atoms with van der Waals surface area (Å²) in [5.74, 6) is 0. The minimum absolute atomic E-state index is 0.602. The third kappa shape index (κ3) is 2.16. The number of benzene rings is 2. The SMILES string of the molecule is CCN1c2ccccc2Sc2ccc(C(F)(F)F)cc21. The Bertz CT molecular complexity index is 652. The summed E-state index contributed by atoms with van der Waals surface area (Å²) in [4.78, 5) is 3.86. The van der Waals surface area contributed by atoms with E-state index in [1.807, 2.05) is 36.1 Å². The molecule has 1 heterocycles. The average molecular weight is 295 g/mol. The number of anilines is 2. The van der Waals surface area contributed by atoms with Crippen molar-refractivity contribution in [2.24, 2.45) is 0 Å². The van der Waals surface area contributed by atoms with Gasteiger partial charge in [0.05, 0.1) is 16.9 Å². The van der Waals surface area contributed by atoms with E-state index < -0.39 is 11.7 Å². The second-order valence-corrected chi connectivity index (χ2v) is 5.58. The number of nitrogens with zero attached hydrogens (tertiary/aromatic N) is 1. The number of hydrogen-bond acceptors (Lipinski definition) is 2. The molecule has 0 fully saturated rings. The Balaban J connectivity index is 2.14.